The average molecular weight is 490 g/mol. The van der Waals surface area contributed by atoms with Gasteiger partial charge in [0.2, 0.25) is 0 Å². The van der Waals surface area contributed by atoms with Crippen molar-refractivity contribution in [3.05, 3.63) is 93.4 Å². The summed E-state index contributed by atoms with van der Waals surface area (Å²) >= 11 is 9.18. The molecule has 30 heavy (non-hydrogen) atoms. The first-order valence-corrected chi connectivity index (χ1v) is 10.3. The first kappa shape index (κ1) is 21.9. The van der Waals surface area contributed by atoms with Crippen molar-refractivity contribution in [3.8, 4) is 11.5 Å². The van der Waals surface area contributed by atoms with Crippen LogP contribution >= 0.6 is 27.5 Å². The van der Waals surface area contributed by atoms with Gasteiger partial charge < -0.3 is 14.2 Å². The van der Waals surface area contributed by atoms with E-state index in [1.165, 1.54) is 12.1 Å². The molecule has 0 radical (unpaired) electrons. The van der Waals surface area contributed by atoms with E-state index in [4.69, 9.17) is 25.8 Å². The molecule has 0 aliphatic carbocycles. The topological polar surface area (TPSA) is 61.8 Å². The zero-order chi connectivity index (χ0) is 21.3. The van der Waals surface area contributed by atoms with Gasteiger partial charge in [-0.05, 0) is 64.0 Å². The molecule has 0 aliphatic rings. The molecule has 3 aromatic rings. The van der Waals surface area contributed by atoms with E-state index in [0.717, 1.165) is 5.56 Å². The van der Waals surface area contributed by atoms with Crippen LogP contribution in [0.4, 0.5) is 0 Å². The van der Waals surface area contributed by atoms with E-state index < -0.39 is 11.9 Å². The quantitative estimate of drug-likeness (QED) is 0.309. The fraction of sp³-hybridized carbons (Fsp3) is 0.130. The van der Waals surface area contributed by atoms with Crippen molar-refractivity contribution < 1.29 is 23.8 Å². The van der Waals surface area contributed by atoms with Crippen LogP contribution in [0.2, 0.25) is 5.02 Å². The third-order valence-electron chi connectivity index (χ3n) is 4.03. The van der Waals surface area contributed by atoms with Crippen molar-refractivity contribution in [1.82, 2.24) is 0 Å². The maximum Gasteiger partial charge on any atom is 0.349 e. The van der Waals surface area contributed by atoms with E-state index in [-0.39, 0.29) is 13.2 Å². The van der Waals surface area contributed by atoms with Crippen LogP contribution in [0.15, 0.2) is 77.3 Å². The monoisotopic (exact) mass is 488 g/mol. The Bertz CT molecular complexity index is 1010. The summed E-state index contributed by atoms with van der Waals surface area (Å²) < 4.78 is 16.5. The second-order valence-corrected chi connectivity index (χ2v) is 7.52. The molecule has 0 bridgehead atoms. The Morgan fingerprint density at radius 1 is 0.933 bits per heavy atom. The zero-order valence-corrected chi connectivity index (χ0v) is 18.2. The van der Waals surface area contributed by atoms with Gasteiger partial charge in [-0.3, -0.25) is 0 Å². The third-order valence-corrected chi connectivity index (χ3v) is 4.88. The van der Waals surface area contributed by atoms with Gasteiger partial charge in [-0.2, -0.15) is 0 Å². The van der Waals surface area contributed by atoms with E-state index in [1.807, 2.05) is 30.3 Å². The standard InChI is InChI=1S/C23H18BrClO5/c24-20-14-18(25)8-11-21(20)29-15-22(26)30-19-9-6-17(7-10-19)23(27)28-13-12-16-4-2-1-3-5-16/h1-11,14H,12-13,15H2. The number of benzene rings is 3. The van der Waals surface area contributed by atoms with Crippen LogP contribution in [0.25, 0.3) is 0 Å². The fourth-order valence-corrected chi connectivity index (χ4v) is 3.34. The average Bonchev–Trinajstić information content (AvgIpc) is 2.74. The largest absolute Gasteiger partial charge is 0.481 e. The molecular formula is C23H18BrClO5. The first-order valence-electron chi connectivity index (χ1n) is 9.11. The Labute approximate surface area is 187 Å². The molecule has 0 unspecified atom stereocenters. The number of carbonyl (C=O) groups excluding carboxylic acids is 2. The molecule has 0 atom stereocenters. The first-order chi connectivity index (χ1) is 14.5. The highest BCUT2D eigenvalue weighted by Crippen LogP contribution is 2.28. The predicted octanol–water partition coefficient (Wildman–Crippen LogP) is 5.49. The lowest BCUT2D eigenvalue weighted by Crippen LogP contribution is -2.18. The molecule has 0 saturated carbocycles. The summed E-state index contributed by atoms with van der Waals surface area (Å²) in [6.45, 7) is 0.0146. The van der Waals surface area contributed by atoms with Gasteiger partial charge >= 0.3 is 11.9 Å². The number of hydrogen-bond acceptors (Lipinski definition) is 5. The fourth-order valence-electron chi connectivity index (χ4n) is 2.54. The van der Waals surface area contributed by atoms with Crippen molar-refractivity contribution in [2.75, 3.05) is 13.2 Å². The van der Waals surface area contributed by atoms with Crippen LogP contribution in [0.5, 0.6) is 11.5 Å². The van der Waals surface area contributed by atoms with Crippen molar-refractivity contribution >= 4 is 39.5 Å². The normalized spacial score (nSPS) is 10.3. The van der Waals surface area contributed by atoms with Gasteiger partial charge in [0.25, 0.3) is 0 Å². The van der Waals surface area contributed by atoms with Gasteiger partial charge in [-0.15, -0.1) is 0 Å². The highest BCUT2D eigenvalue weighted by molar-refractivity contribution is 9.10. The van der Waals surface area contributed by atoms with E-state index in [2.05, 4.69) is 15.9 Å². The van der Waals surface area contributed by atoms with Crippen molar-refractivity contribution in [1.29, 1.82) is 0 Å². The van der Waals surface area contributed by atoms with E-state index >= 15 is 0 Å². The van der Waals surface area contributed by atoms with Crippen LogP contribution in [0, 0.1) is 0 Å². The van der Waals surface area contributed by atoms with Crippen molar-refractivity contribution in [3.63, 3.8) is 0 Å². The lowest BCUT2D eigenvalue weighted by atomic mass is 10.2. The lowest BCUT2D eigenvalue weighted by molar-refractivity contribution is -0.136. The zero-order valence-electron chi connectivity index (χ0n) is 15.8. The summed E-state index contributed by atoms with van der Waals surface area (Å²) in [5.74, 6) is -0.223. The summed E-state index contributed by atoms with van der Waals surface area (Å²) in [6.07, 6.45) is 0.645. The second-order valence-electron chi connectivity index (χ2n) is 6.23. The molecule has 3 rings (SSSR count). The summed E-state index contributed by atoms with van der Waals surface area (Å²) in [5, 5.41) is 0.551. The molecular weight excluding hydrogens is 472 g/mol. The van der Waals surface area contributed by atoms with Crippen LogP contribution in [-0.4, -0.2) is 25.2 Å². The number of carbonyl (C=O) groups is 2. The van der Waals surface area contributed by atoms with E-state index in [0.29, 0.717) is 33.0 Å². The molecule has 3 aromatic carbocycles. The Morgan fingerprint density at radius 2 is 1.67 bits per heavy atom. The molecule has 154 valence electrons. The van der Waals surface area contributed by atoms with Gasteiger partial charge in [-0.25, -0.2) is 9.59 Å². The molecule has 0 spiro atoms. The Morgan fingerprint density at radius 3 is 2.37 bits per heavy atom. The maximum absolute atomic E-state index is 12.1. The van der Waals surface area contributed by atoms with Gasteiger partial charge in [-0.1, -0.05) is 41.9 Å². The Balaban J connectivity index is 1.45. The van der Waals surface area contributed by atoms with Gasteiger partial charge in [0, 0.05) is 11.4 Å². The van der Waals surface area contributed by atoms with Crippen LogP contribution < -0.4 is 9.47 Å². The number of esters is 2. The molecule has 0 amide bonds. The second kappa shape index (κ2) is 10.8. The molecule has 7 heteroatoms. The van der Waals surface area contributed by atoms with Crippen molar-refractivity contribution in [2.45, 2.75) is 6.42 Å². The van der Waals surface area contributed by atoms with Crippen LogP contribution in [0.1, 0.15) is 15.9 Å². The molecule has 0 N–H and O–H groups in total. The minimum Gasteiger partial charge on any atom is -0.481 e. The highest BCUT2D eigenvalue weighted by Gasteiger charge is 2.11. The molecule has 0 heterocycles. The number of ether oxygens (including phenoxy) is 3. The van der Waals surface area contributed by atoms with Crippen LogP contribution in [-0.2, 0) is 16.0 Å². The Kier molecular flexibility index (Phi) is 7.88. The minimum atomic E-state index is -0.574. The lowest BCUT2D eigenvalue weighted by Gasteiger charge is -2.09. The number of hydrogen-bond donors (Lipinski definition) is 0. The SMILES string of the molecule is O=C(COc1ccc(Cl)cc1Br)Oc1ccc(C(=O)OCCc2ccccc2)cc1. The van der Waals surface area contributed by atoms with Gasteiger partial charge in [0.1, 0.15) is 11.5 Å². The van der Waals surface area contributed by atoms with Gasteiger partial charge in [0.05, 0.1) is 16.6 Å². The predicted molar refractivity (Wildman–Crippen MR) is 117 cm³/mol. The molecule has 5 nitrogen and oxygen atoms in total. The summed E-state index contributed by atoms with van der Waals surface area (Å²) in [7, 11) is 0. The highest BCUT2D eigenvalue weighted by atomic mass is 79.9. The molecule has 0 saturated heterocycles. The molecule has 0 fully saturated rings. The summed E-state index contributed by atoms with van der Waals surface area (Å²) in [5.41, 5.74) is 1.48. The number of halogens is 2. The van der Waals surface area contributed by atoms with E-state index in [1.54, 1.807) is 30.3 Å². The van der Waals surface area contributed by atoms with E-state index in [9.17, 15) is 9.59 Å². The minimum absolute atomic E-state index is 0.274. The summed E-state index contributed by atoms with van der Waals surface area (Å²) in [6, 6.07) is 20.9. The van der Waals surface area contributed by atoms with Crippen molar-refractivity contribution in [2.24, 2.45) is 0 Å². The number of rotatable bonds is 8. The molecule has 0 aliphatic heterocycles. The third kappa shape index (κ3) is 6.61. The summed E-state index contributed by atoms with van der Waals surface area (Å²) in [4.78, 5) is 24.1. The smallest absolute Gasteiger partial charge is 0.349 e. The molecule has 0 aromatic heterocycles. The van der Waals surface area contributed by atoms with Crippen LogP contribution in [0.3, 0.4) is 0 Å². The maximum atomic E-state index is 12.1. The Hall–Kier alpha value is -2.83. The van der Waals surface area contributed by atoms with Gasteiger partial charge in [0.15, 0.2) is 6.61 Å².